The summed E-state index contributed by atoms with van der Waals surface area (Å²) in [5.74, 6) is 0.172. The van der Waals surface area contributed by atoms with Crippen LogP contribution in [-0.4, -0.2) is 13.0 Å². The van der Waals surface area contributed by atoms with Gasteiger partial charge in [-0.2, -0.15) is 13.2 Å². The fraction of sp³-hybridized carbons (Fsp3) is 0.391. The van der Waals surface area contributed by atoms with Crippen LogP contribution in [0.15, 0.2) is 52.3 Å². The van der Waals surface area contributed by atoms with Crippen molar-refractivity contribution in [1.29, 1.82) is 0 Å². The van der Waals surface area contributed by atoms with Gasteiger partial charge < -0.3 is 4.57 Å². The van der Waals surface area contributed by atoms with Crippen LogP contribution >= 0.6 is 0 Å². The number of halogens is 3. The molecule has 3 nitrogen and oxygen atoms in total. The van der Waals surface area contributed by atoms with Crippen LogP contribution in [0.5, 0.6) is 0 Å². The fourth-order valence-electron chi connectivity index (χ4n) is 3.69. The Morgan fingerprint density at radius 2 is 1.47 bits per heavy atom. The van der Waals surface area contributed by atoms with Crippen LogP contribution in [0.4, 0.5) is 13.2 Å². The van der Waals surface area contributed by atoms with Gasteiger partial charge in [-0.25, -0.2) is 8.42 Å². The largest absolute Gasteiger partial charge is 0.416 e. The third kappa shape index (κ3) is 3.75. The van der Waals surface area contributed by atoms with Gasteiger partial charge in [0.15, 0.2) is 0 Å². The first-order chi connectivity index (χ1) is 13.7. The van der Waals surface area contributed by atoms with Gasteiger partial charge in [-0.1, -0.05) is 27.7 Å². The highest BCUT2D eigenvalue weighted by molar-refractivity contribution is 7.91. The van der Waals surface area contributed by atoms with E-state index in [1.807, 2.05) is 18.5 Å². The number of hydrogen-bond donors (Lipinski definition) is 0. The first-order valence-corrected chi connectivity index (χ1v) is 11.2. The van der Waals surface area contributed by atoms with Gasteiger partial charge in [0.05, 0.1) is 15.4 Å². The van der Waals surface area contributed by atoms with Gasteiger partial charge in [0.25, 0.3) is 0 Å². The molecule has 0 aliphatic heterocycles. The highest BCUT2D eigenvalue weighted by atomic mass is 32.2. The molecule has 1 aromatic heterocycles. The van der Waals surface area contributed by atoms with E-state index in [-0.39, 0.29) is 21.1 Å². The molecule has 3 rings (SSSR count). The Kier molecular flexibility index (Phi) is 5.34. The lowest BCUT2D eigenvalue weighted by molar-refractivity contribution is -0.137. The van der Waals surface area contributed by atoms with Crippen LogP contribution in [0, 0.1) is 12.3 Å². The molecule has 1 unspecified atom stereocenters. The number of aryl methyl sites for hydroxylation is 1. The van der Waals surface area contributed by atoms with Crippen molar-refractivity contribution >= 4 is 20.7 Å². The molecule has 0 radical (unpaired) electrons. The Hall–Kier alpha value is -2.28. The highest BCUT2D eigenvalue weighted by Crippen LogP contribution is 2.41. The molecular formula is C23H26F3NO2S. The molecule has 0 saturated heterocycles. The average Bonchev–Trinajstić information content (AvgIpc) is 2.90. The first-order valence-electron chi connectivity index (χ1n) is 9.67. The Bertz CT molecular complexity index is 1200. The Labute approximate surface area is 175 Å². The number of aromatic nitrogens is 1. The zero-order chi connectivity index (χ0) is 22.6. The molecule has 1 atom stereocenters. The van der Waals surface area contributed by atoms with Crippen molar-refractivity contribution in [2.45, 2.75) is 56.5 Å². The van der Waals surface area contributed by atoms with Crippen LogP contribution < -0.4 is 0 Å². The molecular weight excluding hydrogens is 411 g/mol. The molecule has 3 aromatic rings. The molecule has 1 heterocycles. The van der Waals surface area contributed by atoms with Gasteiger partial charge in [-0.3, -0.25) is 0 Å². The third-order valence-electron chi connectivity index (χ3n) is 6.05. The van der Waals surface area contributed by atoms with E-state index in [0.717, 1.165) is 46.4 Å². The highest BCUT2D eigenvalue weighted by Gasteiger charge is 2.31. The van der Waals surface area contributed by atoms with Gasteiger partial charge in [0, 0.05) is 23.6 Å². The van der Waals surface area contributed by atoms with Crippen LogP contribution in [0.25, 0.3) is 10.9 Å². The van der Waals surface area contributed by atoms with Crippen molar-refractivity contribution in [2.75, 3.05) is 0 Å². The summed E-state index contributed by atoms with van der Waals surface area (Å²) >= 11 is 0. The minimum Gasteiger partial charge on any atom is -0.348 e. The molecule has 0 bridgehead atoms. The van der Waals surface area contributed by atoms with Crippen molar-refractivity contribution in [3.63, 3.8) is 0 Å². The van der Waals surface area contributed by atoms with Gasteiger partial charge in [0.2, 0.25) is 9.84 Å². The minimum atomic E-state index is -4.51. The van der Waals surface area contributed by atoms with E-state index >= 15 is 0 Å². The molecule has 2 aromatic carbocycles. The number of nitrogens with zero attached hydrogens (tertiary/aromatic N) is 1. The van der Waals surface area contributed by atoms with Crippen LogP contribution in [-0.2, 0) is 23.1 Å². The molecule has 7 heteroatoms. The molecule has 0 aliphatic rings. The standard InChI is InChI=1S/C23H26F3NO2S/c1-14(22(3,4)5)21-15(2)27(6)20-12-11-18(13-19(20)21)30(28,29)17-9-7-16(8-10-17)23(24,25)26/h7-14H,1-6H3. The van der Waals surface area contributed by atoms with Crippen molar-refractivity contribution < 1.29 is 21.6 Å². The molecule has 0 fully saturated rings. The number of rotatable bonds is 3. The Balaban J connectivity index is 2.17. The average molecular weight is 438 g/mol. The van der Waals surface area contributed by atoms with Gasteiger partial charge in [-0.05, 0) is 66.3 Å². The Morgan fingerprint density at radius 3 is 1.97 bits per heavy atom. The summed E-state index contributed by atoms with van der Waals surface area (Å²) in [6.45, 7) is 10.6. The van der Waals surface area contributed by atoms with Crippen LogP contribution in [0.1, 0.15) is 50.4 Å². The molecule has 162 valence electrons. The maximum atomic E-state index is 13.1. The van der Waals surface area contributed by atoms with Gasteiger partial charge in [0.1, 0.15) is 0 Å². The topological polar surface area (TPSA) is 39.1 Å². The van der Waals surface area contributed by atoms with E-state index in [1.165, 1.54) is 6.07 Å². The summed E-state index contributed by atoms with van der Waals surface area (Å²) in [5.41, 5.74) is 2.17. The summed E-state index contributed by atoms with van der Waals surface area (Å²) in [7, 11) is -2.01. The second-order valence-corrected chi connectivity index (χ2v) is 10.8. The first kappa shape index (κ1) is 22.4. The maximum Gasteiger partial charge on any atom is 0.416 e. The second kappa shape index (κ2) is 7.15. The minimum absolute atomic E-state index is 0.0264. The van der Waals surface area contributed by atoms with Gasteiger partial charge in [-0.15, -0.1) is 0 Å². The molecule has 0 aliphatic carbocycles. The van der Waals surface area contributed by atoms with E-state index in [0.29, 0.717) is 0 Å². The smallest absolute Gasteiger partial charge is 0.348 e. The van der Waals surface area contributed by atoms with E-state index in [1.54, 1.807) is 12.1 Å². The van der Waals surface area contributed by atoms with Crippen LogP contribution in [0.3, 0.4) is 0 Å². The van der Waals surface area contributed by atoms with E-state index < -0.39 is 21.6 Å². The lowest BCUT2D eigenvalue weighted by Gasteiger charge is -2.28. The van der Waals surface area contributed by atoms with Crippen LogP contribution in [0.2, 0.25) is 0 Å². The number of fused-ring (bicyclic) bond motifs is 1. The normalized spacial score (nSPS) is 14.3. The fourth-order valence-corrected chi connectivity index (χ4v) is 4.97. The van der Waals surface area contributed by atoms with E-state index in [4.69, 9.17) is 0 Å². The summed E-state index contributed by atoms with van der Waals surface area (Å²) in [6.07, 6.45) is -4.51. The number of hydrogen-bond acceptors (Lipinski definition) is 2. The lowest BCUT2D eigenvalue weighted by Crippen LogP contribution is -2.16. The van der Waals surface area contributed by atoms with Crippen molar-refractivity contribution in [3.05, 3.63) is 59.3 Å². The summed E-state index contributed by atoms with van der Waals surface area (Å²) in [5, 5.41) is 0.852. The second-order valence-electron chi connectivity index (χ2n) is 8.85. The van der Waals surface area contributed by atoms with Crippen molar-refractivity contribution in [3.8, 4) is 0 Å². The zero-order valence-corrected chi connectivity index (χ0v) is 18.7. The summed E-state index contributed by atoms with van der Waals surface area (Å²) in [4.78, 5) is -0.0874. The maximum absolute atomic E-state index is 13.1. The van der Waals surface area contributed by atoms with E-state index in [9.17, 15) is 21.6 Å². The number of alkyl halides is 3. The quantitative estimate of drug-likeness (QED) is 0.470. The van der Waals surface area contributed by atoms with Gasteiger partial charge >= 0.3 is 6.18 Å². The van der Waals surface area contributed by atoms with Crippen molar-refractivity contribution in [2.24, 2.45) is 12.5 Å². The third-order valence-corrected chi connectivity index (χ3v) is 7.81. The number of sulfone groups is 1. The molecule has 30 heavy (non-hydrogen) atoms. The monoisotopic (exact) mass is 437 g/mol. The molecule has 0 saturated carbocycles. The summed E-state index contributed by atoms with van der Waals surface area (Å²) in [6, 6.07) is 8.54. The molecule has 0 N–H and O–H groups in total. The predicted molar refractivity (Wildman–Crippen MR) is 112 cm³/mol. The summed E-state index contributed by atoms with van der Waals surface area (Å²) < 4.78 is 66.7. The lowest BCUT2D eigenvalue weighted by atomic mass is 9.77. The SMILES string of the molecule is Cc1c(C(C)C(C)(C)C)c2cc(S(=O)(=O)c3ccc(C(F)(F)F)cc3)ccc2n1C. The predicted octanol–water partition coefficient (Wildman–Crippen LogP) is 6.49. The van der Waals surface area contributed by atoms with E-state index in [2.05, 4.69) is 27.7 Å². The molecule has 0 amide bonds. The zero-order valence-electron chi connectivity index (χ0n) is 17.9. The Morgan fingerprint density at radius 1 is 0.933 bits per heavy atom. The number of benzene rings is 2. The van der Waals surface area contributed by atoms with Crippen molar-refractivity contribution in [1.82, 2.24) is 4.57 Å². The molecule has 0 spiro atoms.